The topological polar surface area (TPSA) is 57.6 Å². The molecule has 1 aromatic rings. The average molecular weight is 316 g/mol. The number of pyridine rings is 1. The van der Waals surface area contributed by atoms with E-state index in [1.165, 1.54) is 12.8 Å². The summed E-state index contributed by atoms with van der Waals surface area (Å²) in [4.78, 5) is 22.9. The summed E-state index contributed by atoms with van der Waals surface area (Å²) < 4.78 is 0. The third-order valence-corrected chi connectivity index (χ3v) is 4.56. The minimum atomic E-state index is -0.0621. The van der Waals surface area contributed by atoms with Crippen molar-refractivity contribution >= 4 is 28.5 Å². The van der Waals surface area contributed by atoms with Gasteiger partial charge in [-0.25, -0.2) is 9.98 Å². The Morgan fingerprint density at radius 1 is 1.36 bits per heavy atom. The summed E-state index contributed by atoms with van der Waals surface area (Å²) in [5, 5.41) is 3.68. The van der Waals surface area contributed by atoms with Gasteiger partial charge in [-0.2, -0.15) is 0 Å². The van der Waals surface area contributed by atoms with Crippen molar-refractivity contribution < 1.29 is 4.79 Å². The highest BCUT2D eigenvalue weighted by molar-refractivity contribution is 8.13. The number of hydrogen-bond acceptors (Lipinski definition) is 5. The molecule has 0 unspecified atom stereocenters. The van der Waals surface area contributed by atoms with Gasteiger partial charge in [0.15, 0.2) is 0 Å². The van der Waals surface area contributed by atoms with Crippen LogP contribution in [0.2, 0.25) is 0 Å². The van der Waals surface area contributed by atoms with E-state index in [0.29, 0.717) is 6.54 Å². The van der Waals surface area contributed by atoms with Crippen LogP contribution in [0.5, 0.6) is 0 Å². The van der Waals surface area contributed by atoms with E-state index in [1.807, 2.05) is 12.5 Å². The van der Waals surface area contributed by atoms with Gasteiger partial charge in [0.2, 0.25) is 5.91 Å². The Hall–Kier alpha value is -1.82. The van der Waals surface area contributed by atoms with Crippen molar-refractivity contribution in [1.82, 2.24) is 10.3 Å². The van der Waals surface area contributed by atoms with E-state index >= 15 is 0 Å². The molecule has 1 fully saturated rings. The summed E-state index contributed by atoms with van der Waals surface area (Å²) >= 11 is 1.58. The Bertz CT molecular complexity index is 603. The molecule has 0 spiro atoms. The molecule has 2 aliphatic heterocycles. The Morgan fingerprint density at radius 2 is 2.18 bits per heavy atom. The average Bonchev–Trinajstić information content (AvgIpc) is 3.07. The van der Waals surface area contributed by atoms with Crippen LogP contribution in [0, 0.1) is 0 Å². The first-order valence-electron chi connectivity index (χ1n) is 7.59. The smallest absolute Gasteiger partial charge is 0.245 e. The monoisotopic (exact) mass is 316 g/mol. The van der Waals surface area contributed by atoms with Gasteiger partial charge < -0.3 is 10.2 Å². The van der Waals surface area contributed by atoms with Gasteiger partial charge in [0.25, 0.3) is 0 Å². The van der Waals surface area contributed by atoms with Crippen LogP contribution in [0.1, 0.15) is 24.8 Å². The number of aromatic nitrogens is 1. The SMILES string of the molecule is CSC(=NC1=CC(=O)NCC1)c1ccc(N2CCCC2)nc1. The second-order valence-corrected chi connectivity index (χ2v) is 6.19. The molecule has 5 nitrogen and oxygen atoms in total. The number of carbonyl (C=O) groups is 1. The van der Waals surface area contributed by atoms with Crippen LogP contribution in [0.25, 0.3) is 0 Å². The fraction of sp³-hybridized carbons (Fsp3) is 0.438. The highest BCUT2D eigenvalue weighted by Gasteiger charge is 2.14. The number of hydrogen-bond donors (Lipinski definition) is 1. The molecule has 0 radical (unpaired) electrons. The first kappa shape index (κ1) is 15.1. The van der Waals surface area contributed by atoms with Gasteiger partial charge in [-0.3, -0.25) is 4.79 Å². The number of nitrogens with zero attached hydrogens (tertiary/aromatic N) is 3. The molecule has 3 heterocycles. The van der Waals surface area contributed by atoms with E-state index in [2.05, 4.69) is 32.3 Å². The van der Waals surface area contributed by atoms with Gasteiger partial charge in [-0.05, 0) is 31.2 Å². The number of nitrogens with one attached hydrogen (secondary N) is 1. The van der Waals surface area contributed by atoms with Crippen LogP contribution in [-0.4, -0.2) is 41.8 Å². The van der Waals surface area contributed by atoms with Gasteiger partial charge in [-0.15, -0.1) is 11.8 Å². The third kappa shape index (κ3) is 3.50. The van der Waals surface area contributed by atoms with Crippen LogP contribution in [-0.2, 0) is 4.79 Å². The molecule has 1 aromatic heterocycles. The molecule has 3 rings (SSSR count). The Balaban J connectivity index is 1.79. The zero-order chi connectivity index (χ0) is 15.4. The van der Waals surface area contributed by atoms with Gasteiger partial charge in [0.05, 0.1) is 0 Å². The molecule has 0 saturated carbocycles. The van der Waals surface area contributed by atoms with Crippen molar-refractivity contribution in [3.05, 3.63) is 35.7 Å². The first-order valence-corrected chi connectivity index (χ1v) is 8.81. The fourth-order valence-corrected chi connectivity index (χ4v) is 3.25. The lowest BCUT2D eigenvalue weighted by Crippen LogP contribution is -2.26. The van der Waals surface area contributed by atoms with E-state index in [-0.39, 0.29) is 5.91 Å². The maximum Gasteiger partial charge on any atom is 0.245 e. The lowest BCUT2D eigenvalue weighted by atomic mass is 10.2. The number of rotatable bonds is 3. The van der Waals surface area contributed by atoms with Crippen molar-refractivity contribution in [2.75, 3.05) is 30.8 Å². The van der Waals surface area contributed by atoms with Gasteiger partial charge >= 0.3 is 0 Å². The van der Waals surface area contributed by atoms with Crippen molar-refractivity contribution in [3.8, 4) is 0 Å². The standard InChI is InChI=1S/C16H20N4OS/c1-22-16(19-13-6-7-17-15(21)10-13)12-4-5-14(18-11-12)20-8-2-3-9-20/h4-5,10-11H,2-3,6-9H2,1H3,(H,17,21). The second kappa shape index (κ2) is 6.96. The van der Waals surface area contributed by atoms with E-state index in [9.17, 15) is 4.79 Å². The highest BCUT2D eigenvalue weighted by atomic mass is 32.2. The largest absolute Gasteiger partial charge is 0.357 e. The zero-order valence-electron chi connectivity index (χ0n) is 12.7. The van der Waals surface area contributed by atoms with Crippen molar-refractivity contribution in [3.63, 3.8) is 0 Å². The summed E-state index contributed by atoms with van der Waals surface area (Å²) in [6.45, 7) is 2.84. The number of aliphatic imine (C=N–C) groups is 1. The van der Waals surface area contributed by atoms with Crippen LogP contribution >= 0.6 is 11.8 Å². The second-order valence-electron chi connectivity index (χ2n) is 5.40. The number of carbonyl (C=O) groups excluding carboxylic acids is 1. The van der Waals surface area contributed by atoms with Crippen LogP contribution in [0.15, 0.2) is 35.1 Å². The molecule has 1 N–H and O–H groups in total. The summed E-state index contributed by atoms with van der Waals surface area (Å²) in [6, 6.07) is 4.13. The molecule has 22 heavy (non-hydrogen) atoms. The molecule has 6 heteroatoms. The molecule has 116 valence electrons. The lowest BCUT2D eigenvalue weighted by Gasteiger charge is -2.16. The van der Waals surface area contributed by atoms with E-state index in [1.54, 1.807) is 17.8 Å². The molecule has 0 aromatic carbocycles. The molecule has 0 bridgehead atoms. The van der Waals surface area contributed by atoms with Crippen LogP contribution in [0.4, 0.5) is 5.82 Å². The van der Waals surface area contributed by atoms with Crippen molar-refractivity contribution in [2.45, 2.75) is 19.3 Å². The maximum atomic E-state index is 11.4. The normalized spacial score (nSPS) is 19.1. The molecular formula is C16H20N4OS. The van der Waals surface area contributed by atoms with Crippen LogP contribution in [0.3, 0.4) is 0 Å². The molecule has 1 saturated heterocycles. The van der Waals surface area contributed by atoms with Gasteiger partial charge in [0, 0.05) is 49.6 Å². The van der Waals surface area contributed by atoms with Crippen molar-refractivity contribution in [2.24, 2.45) is 4.99 Å². The molecular weight excluding hydrogens is 296 g/mol. The molecule has 1 amide bonds. The van der Waals surface area contributed by atoms with Crippen LogP contribution < -0.4 is 10.2 Å². The van der Waals surface area contributed by atoms with Gasteiger partial charge in [0.1, 0.15) is 10.9 Å². The molecule has 0 aliphatic carbocycles. The fourth-order valence-electron chi connectivity index (χ4n) is 2.68. The summed E-state index contributed by atoms with van der Waals surface area (Å²) in [6.07, 6.45) is 8.72. The van der Waals surface area contributed by atoms with Crippen molar-refractivity contribution in [1.29, 1.82) is 0 Å². The predicted molar refractivity (Wildman–Crippen MR) is 91.4 cm³/mol. The molecule has 0 atom stereocenters. The quantitative estimate of drug-likeness (QED) is 0.686. The zero-order valence-corrected chi connectivity index (χ0v) is 13.5. The number of amides is 1. The number of anilines is 1. The summed E-state index contributed by atoms with van der Waals surface area (Å²) in [5.74, 6) is 0.978. The summed E-state index contributed by atoms with van der Waals surface area (Å²) in [7, 11) is 0. The first-order chi connectivity index (χ1) is 10.8. The minimum absolute atomic E-state index is 0.0621. The Morgan fingerprint density at radius 3 is 2.82 bits per heavy atom. The van der Waals surface area contributed by atoms with E-state index in [0.717, 1.165) is 41.6 Å². The lowest BCUT2D eigenvalue weighted by molar-refractivity contribution is -0.116. The maximum absolute atomic E-state index is 11.4. The highest BCUT2D eigenvalue weighted by Crippen LogP contribution is 2.20. The van der Waals surface area contributed by atoms with E-state index < -0.39 is 0 Å². The Kier molecular flexibility index (Phi) is 4.77. The molecule has 2 aliphatic rings. The Labute approximate surface area is 134 Å². The predicted octanol–water partition coefficient (Wildman–Crippen LogP) is 2.20. The number of thioether (sulfide) groups is 1. The summed E-state index contributed by atoms with van der Waals surface area (Å²) in [5.41, 5.74) is 1.83. The minimum Gasteiger partial charge on any atom is -0.357 e. The van der Waals surface area contributed by atoms with Gasteiger partial charge in [-0.1, -0.05) is 0 Å². The third-order valence-electron chi connectivity index (χ3n) is 3.84. The van der Waals surface area contributed by atoms with E-state index in [4.69, 9.17) is 0 Å².